The van der Waals surface area contributed by atoms with Crippen LogP contribution in [0, 0.1) is 12.8 Å². The van der Waals surface area contributed by atoms with Crippen molar-refractivity contribution in [2.75, 3.05) is 5.75 Å². The van der Waals surface area contributed by atoms with Crippen molar-refractivity contribution in [1.82, 2.24) is 0 Å². The topological polar surface area (TPSA) is 50.4 Å². The largest absolute Gasteiger partial charge is 0.475 e. The Morgan fingerprint density at radius 2 is 2.27 bits per heavy atom. The summed E-state index contributed by atoms with van der Waals surface area (Å²) in [5, 5.41) is 8.74. The minimum Gasteiger partial charge on any atom is -0.475 e. The highest BCUT2D eigenvalue weighted by molar-refractivity contribution is 7.98. The standard InChI is InChI=1S/C11H16O3S/c1-7(2)5-15-6-9-4-10(11(12)13)14-8(9)3/h4,7H,5-6H2,1-3H3,(H,12,13). The highest BCUT2D eigenvalue weighted by Gasteiger charge is 2.12. The van der Waals surface area contributed by atoms with Crippen LogP contribution < -0.4 is 0 Å². The number of carboxylic acid groups (broad SMARTS) is 1. The van der Waals surface area contributed by atoms with E-state index in [1.807, 2.05) is 0 Å². The minimum absolute atomic E-state index is 0.0349. The van der Waals surface area contributed by atoms with Crippen molar-refractivity contribution in [1.29, 1.82) is 0 Å². The Morgan fingerprint density at radius 3 is 2.73 bits per heavy atom. The molecule has 1 aromatic heterocycles. The molecule has 3 nitrogen and oxygen atoms in total. The molecule has 1 heterocycles. The van der Waals surface area contributed by atoms with Gasteiger partial charge in [0.1, 0.15) is 5.76 Å². The summed E-state index contributed by atoms with van der Waals surface area (Å²) in [6.45, 7) is 6.13. The predicted octanol–water partition coefficient (Wildman–Crippen LogP) is 3.18. The van der Waals surface area contributed by atoms with E-state index in [0.717, 1.165) is 17.1 Å². The number of hydrogen-bond acceptors (Lipinski definition) is 3. The Hall–Kier alpha value is -0.900. The molecule has 4 heteroatoms. The van der Waals surface area contributed by atoms with Crippen LogP contribution in [0.3, 0.4) is 0 Å². The first-order valence-electron chi connectivity index (χ1n) is 4.91. The maximum Gasteiger partial charge on any atom is 0.371 e. The van der Waals surface area contributed by atoms with E-state index in [-0.39, 0.29) is 5.76 Å². The molecule has 0 radical (unpaired) electrons. The van der Waals surface area contributed by atoms with Crippen molar-refractivity contribution in [3.8, 4) is 0 Å². The SMILES string of the molecule is Cc1oc(C(=O)O)cc1CSCC(C)C. The fourth-order valence-corrected chi connectivity index (χ4v) is 2.27. The van der Waals surface area contributed by atoms with Crippen molar-refractivity contribution in [2.24, 2.45) is 5.92 Å². The van der Waals surface area contributed by atoms with Crippen LogP contribution in [0.5, 0.6) is 0 Å². The average Bonchev–Trinajstić information content (AvgIpc) is 2.47. The van der Waals surface area contributed by atoms with Gasteiger partial charge in [0.05, 0.1) is 0 Å². The van der Waals surface area contributed by atoms with Crippen LogP contribution in [0.2, 0.25) is 0 Å². The quantitative estimate of drug-likeness (QED) is 0.841. The molecule has 0 aliphatic carbocycles. The summed E-state index contributed by atoms with van der Waals surface area (Å²) >= 11 is 1.80. The van der Waals surface area contributed by atoms with E-state index < -0.39 is 5.97 Å². The summed E-state index contributed by atoms with van der Waals surface area (Å²) < 4.78 is 5.12. The van der Waals surface area contributed by atoms with Crippen molar-refractivity contribution in [2.45, 2.75) is 26.5 Å². The Balaban J connectivity index is 2.57. The summed E-state index contributed by atoms with van der Waals surface area (Å²) in [6, 6.07) is 1.62. The third-order valence-corrected chi connectivity index (χ3v) is 3.36. The first kappa shape index (κ1) is 12.2. The van der Waals surface area contributed by atoms with Crippen LogP contribution in [0.1, 0.15) is 35.7 Å². The molecule has 0 saturated carbocycles. The van der Waals surface area contributed by atoms with Crippen molar-refractivity contribution in [3.05, 3.63) is 23.2 Å². The number of aryl methyl sites for hydroxylation is 1. The van der Waals surface area contributed by atoms with Gasteiger partial charge in [-0.2, -0.15) is 11.8 Å². The molecule has 15 heavy (non-hydrogen) atoms. The molecule has 0 amide bonds. The number of carbonyl (C=O) groups is 1. The van der Waals surface area contributed by atoms with Crippen molar-refractivity contribution in [3.63, 3.8) is 0 Å². The van der Waals surface area contributed by atoms with Gasteiger partial charge >= 0.3 is 5.97 Å². The third kappa shape index (κ3) is 3.63. The molecule has 0 unspecified atom stereocenters. The molecule has 0 saturated heterocycles. The molecular formula is C11H16O3S. The van der Waals surface area contributed by atoms with Gasteiger partial charge in [0.25, 0.3) is 0 Å². The van der Waals surface area contributed by atoms with Gasteiger partial charge in [0.2, 0.25) is 5.76 Å². The van der Waals surface area contributed by atoms with E-state index in [0.29, 0.717) is 11.7 Å². The van der Waals surface area contributed by atoms with Gasteiger partial charge in [-0.05, 0) is 24.7 Å². The Bertz CT molecular complexity index is 342. The highest BCUT2D eigenvalue weighted by Crippen LogP contribution is 2.21. The van der Waals surface area contributed by atoms with E-state index >= 15 is 0 Å². The number of carboxylic acids is 1. The zero-order valence-electron chi connectivity index (χ0n) is 9.24. The zero-order chi connectivity index (χ0) is 11.4. The smallest absolute Gasteiger partial charge is 0.371 e. The highest BCUT2D eigenvalue weighted by atomic mass is 32.2. The molecule has 0 aromatic carbocycles. The van der Waals surface area contributed by atoms with Gasteiger partial charge < -0.3 is 9.52 Å². The number of thioether (sulfide) groups is 1. The average molecular weight is 228 g/mol. The normalized spacial score (nSPS) is 10.9. The second kappa shape index (κ2) is 5.26. The summed E-state index contributed by atoms with van der Waals surface area (Å²) in [5.41, 5.74) is 0.984. The monoisotopic (exact) mass is 228 g/mol. The first-order chi connectivity index (χ1) is 7.00. The Kier molecular flexibility index (Phi) is 4.27. The molecule has 1 N–H and O–H groups in total. The molecule has 0 aliphatic rings. The van der Waals surface area contributed by atoms with E-state index in [2.05, 4.69) is 13.8 Å². The van der Waals surface area contributed by atoms with Crippen LogP contribution in [0.15, 0.2) is 10.5 Å². The number of hydrogen-bond donors (Lipinski definition) is 1. The second-order valence-electron chi connectivity index (χ2n) is 3.91. The maximum absolute atomic E-state index is 10.6. The number of furan rings is 1. The van der Waals surface area contributed by atoms with E-state index in [1.165, 1.54) is 0 Å². The molecule has 84 valence electrons. The third-order valence-electron chi connectivity index (χ3n) is 1.94. The molecule has 1 aromatic rings. The lowest BCUT2D eigenvalue weighted by Gasteiger charge is -2.02. The lowest BCUT2D eigenvalue weighted by molar-refractivity contribution is 0.0661. The molecule has 0 spiro atoms. The van der Waals surface area contributed by atoms with Gasteiger partial charge in [0, 0.05) is 11.3 Å². The molecule has 1 rings (SSSR count). The summed E-state index contributed by atoms with van der Waals surface area (Å²) in [7, 11) is 0. The fraction of sp³-hybridized carbons (Fsp3) is 0.545. The summed E-state index contributed by atoms with van der Waals surface area (Å²) in [4.78, 5) is 10.6. The lowest BCUT2D eigenvalue weighted by atomic mass is 10.3. The Morgan fingerprint density at radius 1 is 1.60 bits per heavy atom. The van der Waals surface area contributed by atoms with Crippen LogP contribution >= 0.6 is 11.8 Å². The van der Waals surface area contributed by atoms with E-state index in [4.69, 9.17) is 9.52 Å². The fourth-order valence-electron chi connectivity index (χ4n) is 1.17. The first-order valence-corrected chi connectivity index (χ1v) is 6.06. The van der Waals surface area contributed by atoms with Gasteiger partial charge in [0.15, 0.2) is 0 Å². The van der Waals surface area contributed by atoms with Crippen molar-refractivity contribution < 1.29 is 14.3 Å². The zero-order valence-corrected chi connectivity index (χ0v) is 10.1. The molecule has 0 atom stereocenters. The van der Waals surface area contributed by atoms with Crippen LogP contribution in [0.25, 0.3) is 0 Å². The lowest BCUT2D eigenvalue weighted by Crippen LogP contribution is -1.92. The summed E-state index contributed by atoms with van der Waals surface area (Å²) in [6.07, 6.45) is 0. The van der Waals surface area contributed by atoms with Gasteiger partial charge in [-0.3, -0.25) is 0 Å². The van der Waals surface area contributed by atoms with Gasteiger partial charge in [-0.1, -0.05) is 13.8 Å². The van der Waals surface area contributed by atoms with E-state index in [9.17, 15) is 4.79 Å². The number of rotatable bonds is 5. The van der Waals surface area contributed by atoms with E-state index in [1.54, 1.807) is 24.8 Å². The summed E-state index contributed by atoms with van der Waals surface area (Å²) in [5.74, 6) is 2.30. The van der Waals surface area contributed by atoms with Gasteiger partial charge in [-0.15, -0.1) is 0 Å². The van der Waals surface area contributed by atoms with Crippen LogP contribution in [0.4, 0.5) is 0 Å². The molecule has 0 fully saturated rings. The van der Waals surface area contributed by atoms with Gasteiger partial charge in [-0.25, -0.2) is 4.79 Å². The minimum atomic E-state index is -1.00. The molecule has 0 bridgehead atoms. The molecule has 0 aliphatic heterocycles. The van der Waals surface area contributed by atoms with Crippen LogP contribution in [-0.4, -0.2) is 16.8 Å². The second-order valence-corrected chi connectivity index (χ2v) is 4.94. The predicted molar refractivity (Wildman–Crippen MR) is 61.4 cm³/mol. The number of aromatic carboxylic acids is 1. The van der Waals surface area contributed by atoms with Crippen molar-refractivity contribution >= 4 is 17.7 Å². The Labute approximate surface area is 93.9 Å². The van der Waals surface area contributed by atoms with Crippen LogP contribution in [-0.2, 0) is 5.75 Å². The maximum atomic E-state index is 10.6. The molecular weight excluding hydrogens is 212 g/mol.